The minimum absolute atomic E-state index is 0.0452. The van der Waals surface area contributed by atoms with Crippen LogP contribution in [0.1, 0.15) is 12.0 Å². The Bertz CT molecular complexity index is 767. The summed E-state index contributed by atoms with van der Waals surface area (Å²) in [7, 11) is 0. The topological polar surface area (TPSA) is 49.4 Å². The van der Waals surface area contributed by atoms with E-state index in [-0.39, 0.29) is 23.3 Å². The lowest BCUT2D eigenvalue weighted by Crippen LogP contribution is -2.28. The van der Waals surface area contributed by atoms with Crippen molar-refractivity contribution < 1.29 is 14.0 Å². The first-order valence-corrected chi connectivity index (χ1v) is 7.98. The molecular formula is C18H16ClFN2O2. The highest BCUT2D eigenvalue weighted by Gasteiger charge is 2.34. The van der Waals surface area contributed by atoms with Crippen molar-refractivity contribution in [3.05, 3.63) is 64.9 Å². The molecule has 1 N–H and O–H groups in total. The Morgan fingerprint density at radius 1 is 1.25 bits per heavy atom. The van der Waals surface area contributed by atoms with Gasteiger partial charge in [-0.3, -0.25) is 9.59 Å². The second-order valence-electron chi connectivity index (χ2n) is 5.78. The van der Waals surface area contributed by atoms with Crippen molar-refractivity contribution >= 4 is 29.1 Å². The summed E-state index contributed by atoms with van der Waals surface area (Å²) in [5.41, 5.74) is 1.44. The lowest BCUT2D eigenvalue weighted by molar-refractivity contribution is -0.128. The summed E-state index contributed by atoms with van der Waals surface area (Å²) in [6.45, 7) is 0.861. The summed E-state index contributed by atoms with van der Waals surface area (Å²) >= 11 is 5.70. The van der Waals surface area contributed by atoms with E-state index < -0.39 is 11.7 Å². The van der Waals surface area contributed by atoms with Crippen LogP contribution in [0.4, 0.5) is 10.1 Å². The van der Waals surface area contributed by atoms with Crippen molar-refractivity contribution in [1.29, 1.82) is 0 Å². The molecule has 0 radical (unpaired) electrons. The zero-order valence-corrected chi connectivity index (χ0v) is 13.6. The number of halogens is 2. The predicted molar refractivity (Wildman–Crippen MR) is 90.0 cm³/mol. The molecule has 2 aromatic carbocycles. The molecule has 1 saturated heterocycles. The van der Waals surface area contributed by atoms with Gasteiger partial charge in [0.25, 0.3) is 0 Å². The predicted octanol–water partition coefficient (Wildman–Crippen LogP) is 3.47. The Morgan fingerprint density at radius 3 is 2.71 bits per heavy atom. The summed E-state index contributed by atoms with van der Waals surface area (Å²) in [5, 5.41) is 2.63. The fourth-order valence-corrected chi connectivity index (χ4v) is 2.90. The Balaban J connectivity index is 1.62. The van der Waals surface area contributed by atoms with Crippen LogP contribution in [-0.4, -0.2) is 23.3 Å². The number of anilines is 1. The van der Waals surface area contributed by atoms with E-state index >= 15 is 0 Å². The van der Waals surface area contributed by atoms with Gasteiger partial charge in [-0.15, -0.1) is 0 Å². The molecule has 1 aliphatic rings. The Kier molecular flexibility index (Phi) is 4.81. The van der Waals surface area contributed by atoms with Crippen molar-refractivity contribution in [3.8, 4) is 0 Å². The first-order valence-electron chi connectivity index (χ1n) is 7.60. The van der Waals surface area contributed by atoms with Gasteiger partial charge in [0.2, 0.25) is 11.8 Å². The second-order valence-corrected chi connectivity index (χ2v) is 6.19. The summed E-state index contributed by atoms with van der Waals surface area (Å²) in [6, 6.07) is 13.6. The Labute approximate surface area is 144 Å². The van der Waals surface area contributed by atoms with Gasteiger partial charge in [0, 0.05) is 25.2 Å². The minimum Gasteiger partial charge on any atom is -0.338 e. The van der Waals surface area contributed by atoms with Crippen LogP contribution < -0.4 is 5.32 Å². The third kappa shape index (κ3) is 3.74. The van der Waals surface area contributed by atoms with E-state index in [1.807, 2.05) is 30.3 Å². The van der Waals surface area contributed by atoms with Gasteiger partial charge in [0.05, 0.1) is 10.9 Å². The van der Waals surface area contributed by atoms with Crippen LogP contribution in [0.15, 0.2) is 48.5 Å². The lowest BCUT2D eigenvalue weighted by Gasteiger charge is -2.16. The van der Waals surface area contributed by atoms with Crippen molar-refractivity contribution in [2.45, 2.75) is 13.0 Å². The van der Waals surface area contributed by atoms with Crippen LogP contribution in [-0.2, 0) is 16.1 Å². The van der Waals surface area contributed by atoms with Crippen molar-refractivity contribution in [1.82, 2.24) is 4.90 Å². The number of benzene rings is 2. The fourth-order valence-electron chi connectivity index (χ4n) is 2.72. The molecule has 6 heteroatoms. The van der Waals surface area contributed by atoms with Crippen LogP contribution in [0.5, 0.6) is 0 Å². The van der Waals surface area contributed by atoms with Gasteiger partial charge >= 0.3 is 0 Å². The molecule has 0 bridgehead atoms. The monoisotopic (exact) mass is 346 g/mol. The standard InChI is InChI=1S/C18H16ClFN2O2/c19-15-9-14(6-7-16(15)20)21-18(24)13-8-17(23)22(11-13)10-12-4-2-1-3-5-12/h1-7,9,13H,8,10-11H2,(H,21,24)/t13-/m0/s1. The zero-order chi connectivity index (χ0) is 17.1. The van der Waals surface area contributed by atoms with E-state index in [1.165, 1.54) is 18.2 Å². The van der Waals surface area contributed by atoms with Gasteiger partial charge in [-0.25, -0.2) is 4.39 Å². The molecule has 0 unspecified atom stereocenters. The normalized spacial score (nSPS) is 17.2. The van der Waals surface area contributed by atoms with Gasteiger partial charge in [-0.2, -0.15) is 0 Å². The molecule has 0 aromatic heterocycles. The number of carbonyl (C=O) groups is 2. The molecule has 3 rings (SSSR count). The molecule has 1 heterocycles. The average Bonchev–Trinajstić information content (AvgIpc) is 2.93. The third-order valence-corrected chi connectivity index (χ3v) is 4.28. The Morgan fingerprint density at radius 2 is 2.00 bits per heavy atom. The van der Waals surface area contributed by atoms with E-state index in [0.717, 1.165) is 5.56 Å². The molecule has 1 atom stereocenters. The molecule has 4 nitrogen and oxygen atoms in total. The Hall–Kier alpha value is -2.40. The highest BCUT2D eigenvalue weighted by molar-refractivity contribution is 6.31. The molecule has 0 saturated carbocycles. The van der Waals surface area contributed by atoms with E-state index in [4.69, 9.17) is 11.6 Å². The largest absolute Gasteiger partial charge is 0.338 e. The molecule has 1 fully saturated rings. The first-order chi connectivity index (χ1) is 11.5. The molecule has 1 aliphatic heterocycles. The first kappa shape index (κ1) is 16.5. The molecule has 0 aliphatic carbocycles. The lowest BCUT2D eigenvalue weighted by atomic mass is 10.1. The van der Waals surface area contributed by atoms with Gasteiger partial charge in [0.1, 0.15) is 5.82 Å². The molecule has 124 valence electrons. The fraction of sp³-hybridized carbons (Fsp3) is 0.222. The number of hydrogen-bond donors (Lipinski definition) is 1. The summed E-state index contributed by atoms with van der Waals surface area (Å²) in [5.74, 6) is -1.28. The van der Waals surface area contributed by atoms with Gasteiger partial charge in [-0.1, -0.05) is 41.9 Å². The number of carbonyl (C=O) groups excluding carboxylic acids is 2. The maximum absolute atomic E-state index is 13.2. The number of hydrogen-bond acceptors (Lipinski definition) is 2. The zero-order valence-electron chi connectivity index (χ0n) is 12.8. The van der Waals surface area contributed by atoms with E-state index in [2.05, 4.69) is 5.32 Å². The van der Waals surface area contributed by atoms with Crippen molar-refractivity contribution in [2.24, 2.45) is 5.92 Å². The van der Waals surface area contributed by atoms with Crippen LogP contribution in [0.3, 0.4) is 0 Å². The quantitative estimate of drug-likeness (QED) is 0.921. The van der Waals surface area contributed by atoms with E-state index in [1.54, 1.807) is 4.90 Å². The van der Waals surface area contributed by atoms with Gasteiger partial charge in [0.15, 0.2) is 0 Å². The maximum Gasteiger partial charge on any atom is 0.229 e. The minimum atomic E-state index is -0.542. The smallest absolute Gasteiger partial charge is 0.229 e. The van der Waals surface area contributed by atoms with Crippen LogP contribution >= 0.6 is 11.6 Å². The number of nitrogens with one attached hydrogen (secondary N) is 1. The summed E-state index contributed by atoms with van der Waals surface area (Å²) in [4.78, 5) is 26.1. The number of likely N-dealkylation sites (tertiary alicyclic amines) is 1. The second kappa shape index (κ2) is 7.01. The van der Waals surface area contributed by atoms with Crippen LogP contribution in [0.2, 0.25) is 5.02 Å². The summed E-state index contributed by atoms with van der Waals surface area (Å²) < 4.78 is 13.2. The molecule has 24 heavy (non-hydrogen) atoms. The van der Waals surface area contributed by atoms with Crippen LogP contribution in [0.25, 0.3) is 0 Å². The molecule has 0 spiro atoms. The van der Waals surface area contributed by atoms with Crippen LogP contribution in [0, 0.1) is 11.7 Å². The highest BCUT2D eigenvalue weighted by atomic mass is 35.5. The van der Waals surface area contributed by atoms with Gasteiger partial charge in [-0.05, 0) is 23.8 Å². The third-order valence-electron chi connectivity index (χ3n) is 3.99. The van der Waals surface area contributed by atoms with Crippen molar-refractivity contribution in [3.63, 3.8) is 0 Å². The molecular weight excluding hydrogens is 331 g/mol. The molecule has 2 aromatic rings. The SMILES string of the molecule is O=C(Nc1ccc(F)c(Cl)c1)[C@H]1CC(=O)N(Cc2ccccc2)C1. The highest BCUT2D eigenvalue weighted by Crippen LogP contribution is 2.24. The van der Waals surface area contributed by atoms with Gasteiger partial charge < -0.3 is 10.2 Å². The average molecular weight is 347 g/mol. The summed E-state index contributed by atoms with van der Waals surface area (Å²) in [6.07, 6.45) is 0.174. The molecule has 2 amide bonds. The number of amides is 2. The van der Waals surface area contributed by atoms with E-state index in [9.17, 15) is 14.0 Å². The number of rotatable bonds is 4. The van der Waals surface area contributed by atoms with Crippen molar-refractivity contribution in [2.75, 3.05) is 11.9 Å². The number of nitrogens with zero attached hydrogens (tertiary/aromatic N) is 1. The maximum atomic E-state index is 13.2. The van der Waals surface area contributed by atoms with E-state index in [0.29, 0.717) is 18.8 Å².